The molecule has 1 heterocycles. The Labute approximate surface area is 118 Å². The second kappa shape index (κ2) is 8.16. The predicted octanol–water partition coefficient (Wildman–Crippen LogP) is 3.90. The zero-order valence-electron chi connectivity index (χ0n) is 12.9. The molecule has 0 aromatic carbocycles. The first-order valence-electron chi connectivity index (χ1n) is 7.58. The molecule has 1 aromatic rings. The standard InChI is InChI=1S/C16H29N3/c1-5-7-8-11-19(13(3)4)14-9-10-16(18-12-14)15(17)6-2/h9-10,12-13,15H,5-8,11,17H2,1-4H3. The Bertz CT molecular complexity index is 346. The molecule has 0 spiro atoms. The van der Waals surface area contributed by atoms with Gasteiger partial charge in [-0.3, -0.25) is 4.98 Å². The smallest absolute Gasteiger partial charge is 0.0572 e. The summed E-state index contributed by atoms with van der Waals surface area (Å²) in [7, 11) is 0. The first-order valence-corrected chi connectivity index (χ1v) is 7.58. The fourth-order valence-corrected chi connectivity index (χ4v) is 2.21. The Morgan fingerprint density at radius 2 is 1.95 bits per heavy atom. The molecule has 19 heavy (non-hydrogen) atoms. The summed E-state index contributed by atoms with van der Waals surface area (Å²) in [6.07, 6.45) is 6.68. The number of rotatable bonds is 8. The van der Waals surface area contributed by atoms with Gasteiger partial charge < -0.3 is 10.6 Å². The number of hydrogen-bond acceptors (Lipinski definition) is 3. The second-order valence-corrected chi connectivity index (χ2v) is 5.45. The summed E-state index contributed by atoms with van der Waals surface area (Å²) in [5, 5.41) is 0. The van der Waals surface area contributed by atoms with Gasteiger partial charge >= 0.3 is 0 Å². The summed E-state index contributed by atoms with van der Waals surface area (Å²) in [5.74, 6) is 0. The van der Waals surface area contributed by atoms with E-state index in [1.54, 1.807) is 0 Å². The maximum absolute atomic E-state index is 6.00. The van der Waals surface area contributed by atoms with Crippen molar-refractivity contribution in [2.24, 2.45) is 5.73 Å². The van der Waals surface area contributed by atoms with Crippen molar-refractivity contribution in [1.29, 1.82) is 0 Å². The van der Waals surface area contributed by atoms with Crippen molar-refractivity contribution in [3.8, 4) is 0 Å². The Hall–Kier alpha value is -1.09. The molecular weight excluding hydrogens is 234 g/mol. The van der Waals surface area contributed by atoms with Crippen LogP contribution in [0.15, 0.2) is 18.3 Å². The summed E-state index contributed by atoms with van der Waals surface area (Å²) in [6, 6.07) is 4.79. The Kier molecular flexibility index (Phi) is 6.85. The first-order chi connectivity index (χ1) is 9.10. The van der Waals surface area contributed by atoms with E-state index in [0.29, 0.717) is 6.04 Å². The van der Waals surface area contributed by atoms with Gasteiger partial charge in [0.2, 0.25) is 0 Å². The van der Waals surface area contributed by atoms with E-state index in [1.165, 1.54) is 24.9 Å². The lowest BCUT2D eigenvalue weighted by Crippen LogP contribution is -2.31. The van der Waals surface area contributed by atoms with Crippen LogP contribution in [0.2, 0.25) is 0 Å². The van der Waals surface area contributed by atoms with Gasteiger partial charge in [0.1, 0.15) is 0 Å². The van der Waals surface area contributed by atoms with Crippen LogP contribution in [0.5, 0.6) is 0 Å². The summed E-state index contributed by atoms with van der Waals surface area (Å²) >= 11 is 0. The van der Waals surface area contributed by atoms with E-state index in [2.05, 4.69) is 49.7 Å². The van der Waals surface area contributed by atoms with Crippen LogP contribution in [0.25, 0.3) is 0 Å². The van der Waals surface area contributed by atoms with Crippen LogP contribution < -0.4 is 10.6 Å². The molecule has 2 N–H and O–H groups in total. The van der Waals surface area contributed by atoms with Gasteiger partial charge in [0.15, 0.2) is 0 Å². The van der Waals surface area contributed by atoms with Crippen molar-refractivity contribution in [1.82, 2.24) is 4.98 Å². The first kappa shape index (κ1) is 16.0. The molecular formula is C16H29N3. The molecule has 0 amide bonds. The molecule has 0 bridgehead atoms. The average molecular weight is 263 g/mol. The van der Waals surface area contributed by atoms with E-state index < -0.39 is 0 Å². The summed E-state index contributed by atoms with van der Waals surface area (Å²) < 4.78 is 0. The van der Waals surface area contributed by atoms with Gasteiger partial charge in [-0.15, -0.1) is 0 Å². The Morgan fingerprint density at radius 3 is 2.42 bits per heavy atom. The lowest BCUT2D eigenvalue weighted by Gasteiger charge is -2.29. The molecule has 0 aliphatic rings. The average Bonchev–Trinajstić information content (AvgIpc) is 2.42. The van der Waals surface area contributed by atoms with Gasteiger partial charge in [-0.25, -0.2) is 0 Å². The number of nitrogens with zero attached hydrogens (tertiary/aromatic N) is 2. The highest BCUT2D eigenvalue weighted by Crippen LogP contribution is 2.19. The Balaban J connectivity index is 2.74. The molecule has 0 fully saturated rings. The molecule has 3 heteroatoms. The molecule has 0 aliphatic heterocycles. The van der Waals surface area contributed by atoms with Crippen molar-refractivity contribution in [3.05, 3.63) is 24.0 Å². The number of hydrogen-bond donors (Lipinski definition) is 1. The molecule has 0 radical (unpaired) electrons. The van der Waals surface area contributed by atoms with E-state index in [-0.39, 0.29) is 6.04 Å². The molecule has 0 saturated heterocycles. The van der Waals surface area contributed by atoms with Gasteiger partial charge in [-0.05, 0) is 38.8 Å². The summed E-state index contributed by atoms with van der Waals surface area (Å²) in [5.41, 5.74) is 8.20. The van der Waals surface area contributed by atoms with Crippen LogP contribution in [0.1, 0.15) is 65.1 Å². The van der Waals surface area contributed by atoms with Crippen LogP contribution in [0.3, 0.4) is 0 Å². The van der Waals surface area contributed by atoms with Crippen LogP contribution in [0.4, 0.5) is 5.69 Å². The third-order valence-corrected chi connectivity index (χ3v) is 3.55. The fourth-order valence-electron chi connectivity index (χ4n) is 2.21. The summed E-state index contributed by atoms with van der Waals surface area (Å²) in [4.78, 5) is 6.93. The van der Waals surface area contributed by atoms with Crippen molar-refractivity contribution in [3.63, 3.8) is 0 Å². The van der Waals surface area contributed by atoms with Crippen molar-refractivity contribution < 1.29 is 0 Å². The van der Waals surface area contributed by atoms with Crippen molar-refractivity contribution >= 4 is 5.69 Å². The van der Waals surface area contributed by atoms with Crippen LogP contribution in [-0.2, 0) is 0 Å². The van der Waals surface area contributed by atoms with E-state index in [9.17, 15) is 0 Å². The maximum Gasteiger partial charge on any atom is 0.0572 e. The Morgan fingerprint density at radius 1 is 1.21 bits per heavy atom. The molecule has 1 unspecified atom stereocenters. The number of unbranched alkanes of at least 4 members (excludes halogenated alkanes) is 2. The lowest BCUT2D eigenvalue weighted by molar-refractivity contribution is 0.623. The number of nitrogens with two attached hydrogens (primary N) is 1. The van der Waals surface area contributed by atoms with Crippen LogP contribution >= 0.6 is 0 Å². The number of anilines is 1. The third kappa shape index (κ3) is 4.83. The third-order valence-electron chi connectivity index (χ3n) is 3.55. The zero-order chi connectivity index (χ0) is 14.3. The van der Waals surface area contributed by atoms with E-state index >= 15 is 0 Å². The molecule has 1 aromatic heterocycles. The normalized spacial score (nSPS) is 12.7. The van der Waals surface area contributed by atoms with E-state index in [4.69, 9.17) is 5.73 Å². The fraction of sp³-hybridized carbons (Fsp3) is 0.688. The highest BCUT2D eigenvalue weighted by Gasteiger charge is 2.11. The topological polar surface area (TPSA) is 42.1 Å². The molecule has 0 saturated carbocycles. The molecule has 0 aliphatic carbocycles. The molecule has 108 valence electrons. The van der Waals surface area contributed by atoms with Crippen LogP contribution in [0, 0.1) is 0 Å². The lowest BCUT2D eigenvalue weighted by atomic mass is 10.1. The number of pyridine rings is 1. The van der Waals surface area contributed by atoms with Crippen molar-refractivity contribution in [2.75, 3.05) is 11.4 Å². The monoisotopic (exact) mass is 263 g/mol. The van der Waals surface area contributed by atoms with Gasteiger partial charge in [-0.2, -0.15) is 0 Å². The van der Waals surface area contributed by atoms with E-state index in [0.717, 1.165) is 18.7 Å². The van der Waals surface area contributed by atoms with Gasteiger partial charge in [0, 0.05) is 18.6 Å². The predicted molar refractivity (Wildman–Crippen MR) is 83.5 cm³/mol. The van der Waals surface area contributed by atoms with Crippen molar-refractivity contribution in [2.45, 2.75) is 65.5 Å². The minimum Gasteiger partial charge on any atom is -0.368 e. The van der Waals surface area contributed by atoms with Gasteiger partial charge in [-0.1, -0.05) is 26.7 Å². The molecule has 1 atom stereocenters. The number of aromatic nitrogens is 1. The minimum absolute atomic E-state index is 0.0571. The quantitative estimate of drug-likeness (QED) is 0.723. The van der Waals surface area contributed by atoms with Crippen LogP contribution in [-0.4, -0.2) is 17.6 Å². The molecule has 1 rings (SSSR count). The highest BCUT2D eigenvalue weighted by molar-refractivity contribution is 5.45. The van der Waals surface area contributed by atoms with Gasteiger partial charge in [0.05, 0.1) is 17.6 Å². The second-order valence-electron chi connectivity index (χ2n) is 5.45. The minimum atomic E-state index is 0.0571. The molecule has 3 nitrogen and oxygen atoms in total. The summed E-state index contributed by atoms with van der Waals surface area (Å²) in [6.45, 7) is 9.90. The van der Waals surface area contributed by atoms with E-state index in [1.807, 2.05) is 6.20 Å². The van der Waals surface area contributed by atoms with Gasteiger partial charge in [0.25, 0.3) is 0 Å². The zero-order valence-corrected chi connectivity index (χ0v) is 12.9. The largest absolute Gasteiger partial charge is 0.368 e. The highest BCUT2D eigenvalue weighted by atomic mass is 15.2. The SMILES string of the molecule is CCCCCN(c1ccc(C(N)CC)nc1)C(C)C. The maximum atomic E-state index is 6.00.